The zero-order valence-electron chi connectivity index (χ0n) is 3.39. The summed E-state index contributed by atoms with van der Waals surface area (Å²) in [5.41, 5.74) is 0. The number of hydrogen-bond donors (Lipinski definition) is 0. The second-order valence-corrected chi connectivity index (χ2v) is 0. The molecule has 0 rings (SSSR count). The second-order valence-electron chi connectivity index (χ2n) is 0. The van der Waals surface area contributed by atoms with Gasteiger partial charge in [-0.05, 0) is 0 Å². The summed E-state index contributed by atoms with van der Waals surface area (Å²) in [6, 6.07) is 0. The Morgan fingerprint density at radius 3 is 0.500 bits per heavy atom. The first kappa shape index (κ1) is 215. The molecule has 0 atom stereocenters. The summed E-state index contributed by atoms with van der Waals surface area (Å²) in [6.45, 7) is 0. The maximum absolute atomic E-state index is 0. The Hall–Kier alpha value is 1.92. The Bertz CT molecular complexity index is 12.4. The van der Waals surface area contributed by atoms with Crippen LogP contribution in [0.3, 0.4) is 0 Å². The first-order valence-electron chi connectivity index (χ1n) is 0. The molecule has 0 saturated heterocycles. The van der Waals surface area contributed by atoms with Crippen LogP contribution in [0.5, 0.6) is 0 Å². The normalized spacial score (nSPS) is 0. The van der Waals surface area contributed by atoms with Crippen molar-refractivity contribution in [2.45, 2.75) is 0 Å². The van der Waals surface area contributed by atoms with E-state index in [-0.39, 0.29) is 92.4 Å². The fourth-order valence-corrected chi connectivity index (χ4v) is 0. The van der Waals surface area contributed by atoms with Gasteiger partial charge in [-0.15, -0.1) is 0 Å². The molecule has 0 amide bonds. The van der Waals surface area contributed by atoms with E-state index in [0.717, 1.165) is 0 Å². The van der Waals surface area contributed by atoms with Crippen molar-refractivity contribution in [2.75, 3.05) is 0 Å². The minimum absolute atomic E-state index is 0. The Morgan fingerprint density at radius 2 is 0.500 bits per heavy atom. The SMILES string of the molecule is [Fe+2].[O-2].[O-2].[O-2].[O-2].[O-2].[Ti+4].[Zr+4]. The summed E-state index contributed by atoms with van der Waals surface area (Å²) in [6.07, 6.45) is 0. The van der Waals surface area contributed by atoms with Crippen LogP contribution in [0, 0.1) is 0 Å². The van der Waals surface area contributed by atoms with Crippen molar-refractivity contribution < 1.29 is 92.4 Å². The number of hydrogen-bond acceptors (Lipinski definition) is 0. The summed E-state index contributed by atoms with van der Waals surface area (Å²) in [5.74, 6) is 0. The maximum Gasteiger partial charge on any atom is 4.00 e. The molecule has 0 N–H and O–H groups in total. The Balaban J connectivity index is 0. The first-order chi connectivity index (χ1) is 0. The molecule has 8 heteroatoms. The van der Waals surface area contributed by atoms with E-state index in [1.54, 1.807) is 0 Å². The molecule has 8 heavy (non-hydrogen) atoms. The van der Waals surface area contributed by atoms with Gasteiger partial charge in [0.25, 0.3) is 0 Å². The van der Waals surface area contributed by atoms with Crippen LogP contribution >= 0.6 is 0 Å². The largest absolute Gasteiger partial charge is 4.00 e. The molecule has 0 aliphatic heterocycles. The van der Waals surface area contributed by atoms with Crippen LogP contribution in [0.2, 0.25) is 0 Å². The van der Waals surface area contributed by atoms with Gasteiger partial charge in [-0.25, -0.2) is 0 Å². The molecule has 0 spiro atoms. The van der Waals surface area contributed by atoms with Crippen molar-refractivity contribution in [1.82, 2.24) is 0 Å². The Labute approximate surface area is 91.6 Å². The minimum atomic E-state index is 0. The van der Waals surface area contributed by atoms with Crippen molar-refractivity contribution >= 4 is 0 Å². The molecule has 5 nitrogen and oxygen atoms in total. The summed E-state index contributed by atoms with van der Waals surface area (Å²) in [7, 11) is 0. The standard InChI is InChI=1S/Fe.5O.Ti.Zr/q+2;5*-2;2*+4. The van der Waals surface area contributed by atoms with Crippen molar-refractivity contribution in [3.8, 4) is 0 Å². The quantitative estimate of drug-likeness (QED) is 0.520. The van der Waals surface area contributed by atoms with E-state index in [1.165, 1.54) is 0 Å². The molecule has 0 saturated carbocycles. The van der Waals surface area contributed by atoms with E-state index in [2.05, 4.69) is 0 Å². The molecule has 0 aromatic carbocycles. The molecule has 46 valence electrons. The van der Waals surface area contributed by atoms with Crippen molar-refractivity contribution in [3.05, 3.63) is 0 Å². The molecular weight excluding hydrogens is 275 g/mol. The average Bonchev–Trinajstić information content (AvgIpc) is 0. The van der Waals surface area contributed by atoms with Gasteiger partial charge >= 0.3 is 65.0 Å². The monoisotopic (exact) mass is 274 g/mol. The van der Waals surface area contributed by atoms with E-state index < -0.39 is 0 Å². The molecule has 0 fully saturated rings. The molecular formula is FeO5TiZr. The number of rotatable bonds is 0. The third-order valence-electron chi connectivity index (χ3n) is 0. The van der Waals surface area contributed by atoms with Crippen LogP contribution in [0.15, 0.2) is 0 Å². The molecule has 0 aliphatic carbocycles. The molecule has 0 aliphatic rings. The van der Waals surface area contributed by atoms with Gasteiger partial charge in [-0.1, -0.05) is 0 Å². The smallest absolute Gasteiger partial charge is 2.00 e. The second kappa shape index (κ2) is 152. The van der Waals surface area contributed by atoms with Crippen molar-refractivity contribution in [3.63, 3.8) is 0 Å². The van der Waals surface area contributed by atoms with E-state index in [9.17, 15) is 0 Å². The van der Waals surface area contributed by atoms with Gasteiger partial charge in [0.15, 0.2) is 0 Å². The van der Waals surface area contributed by atoms with E-state index in [4.69, 9.17) is 0 Å². The predicted molar refractivity (Wildman–Crippen MR) is 3.43 cm³/mol. The first-order valence-corrected chi connectivity index (χ1v) is 0. The van der Waals surface area contributed by atoms with Gasteiger partial charge in [0.05, 0.1) is 0 Å². The third-order valence-corrected chi connectivity index (χ3v) is 0. The fraction of sp³-hybridized carbons (Fsp3) is 0. The Kier molecular flexibility index (Phi) is 4080. The van der Waals surface area contributed by atoms with E-state index in [1.807, 2.05) is 0 Å². The van der Waals surface area contributed by atoms with Crippen LogP contribution in [0.4, 0.5) is 0 Å². The topological polar surface area (TPSA) is 142 Å². The summed E-state index contributed by atoms with van der Waals surface area (Å²) < 4.78 is 0. The van der Waals surface area contributed by atoms with E-state index >= 15 is 0 Å². The molecule has 0 aromatic rings. The van der Waals surface area contributed by atoms with Crippen molar-refractivity contribution in [2.24, 2.45) is 0 Å². The zero-order valence-corrected chi connectivity index (χ0v) is 8.52. The molecule has 0 heterocycles. The van der Waals surface area contributed by atoms with E-state index in [0.29, 0.717) is 0 Å². The fourth-order valence-electron chi connectivity index (χ4n) is 0. The molecule has 0 radical (unpaired) electrons. The van der Waals surface area contributed by atoms with Gasteiger partial charge < -0.3 is 27.4 Å². The van der Waals surface area contributed by atoms with Crippen molar-refractivity contribution in [1.29, 1.82) is 0 Å². The van der Waals surface area contributed by atoms with Gasteiger partial charge in [-0.2, -0.15) is 0 Å². The summed E-state index contributed by atoms with van der Waals surface area (Å²) >= 11 is 0. The summed E-state index contributed by atoms with van der Waals surface area (Å²) in [4.78, 5) is 0. The van der Waals surface area contributed by atoms with Crippen LogP contribution < -0.4 is 0 Å². The molecule has 0 unspecified atom stereocenters. The maximum atomic E-state index is 0. The van der Waals surface area contributed by atoms with Crippen LogP contribution in [0.1, 0.15) is 0 Å². The third kappa shape index (κ3) is 103. The van der Waals surface area contributed by atoms with Crippen LogP contribution in [-0.2, 0) is 92.4 Å². The van der Waals surface area contributed by atoms with Gasteiger partial charge in [0, 0.05) is 0 Å². The molecule has 0 aromatic heterocycles. The van der Waals surface area contributed by atoms with Crippen LogP contribution in [0.25, 0.3) is 0 Å². The molecule has 0 bridgehead atoms. The van der Waals surface area contributed by atoms with Crippen LogP contribution in [-0.4, -0.2) is 0 Å². The minimum Gasteiger partial charge on any atom is -2.00 e. The average molecular weight is 275 g/mol. The van der Waals surface area contributed by atoms with Gasteiger partial charge in [-0.3, -0.25) is 0 Å². The Morgan fingerprint density at radius 1 is 0.500 bits per heavy atom. The summed E-state index contributed by atoms with van der Waals surface area (Å²) in [5, 5.41) is 0. The predicted octanol–water partition coefficient (Wildman–Crippen LogP) is -0.601. The zero-order chi connectivity index (χ0) is 0. The van der Waals surface area contributed by atoms with Gasteiger partial charge in [0.2, 0.25) is 0 Å². The van der Waals surface area contributed by atoms with Gasteiger partial charge in [0.1, 0.15) is 0 Å².